The summed E-state index contributed by atoms with van der Waals surface area (Å²) < 4.78 is 3.03. The zero-order chi connectivity index (χ0) is 15.5. The lowest BCUT2D eigenvalue weighted by Gasteiger charge is -2.26. The molecule has 1 atom stereocenters. The van der Waals surface area contributed by atoms with Crippen molar-refractivity contribution in [1.82, 2.24) is 15.1 Å². The maximum Gasteiger partial charge on any atom is 0.0631 e. The van der Waals surface area contributed by atoms with Gasteiger partial charge in [0.2, 0.25) is 0 Å². The second kappa shape index (κ2) is 6.75. The van der Waals surface area contributed by atoms with Crippen molar-refractivity contribution in [3.05, 3.63) is 52.3 Å². The molecule has 2 rings (SSSR count). The average Bonchev–Trinajstić information content (AvgIpc) is 2.80. The van der Waals surface area contributed by atoms with E-state index in [0.717, 1.165) is 18.7 Å². The number of benzene rings is 1. The second-order valence-corrected chi connectivity index (χ2v) is 7.39. The summed E-state index contributed by atoms with van der Waals surface area (Å²) in [5, 5.41) is 8.14. The lowest BCUT2D eigenvalue weighted by molar-refractivity contribution is 0.403. The lowest BCUT2D eigenvalue weighted by Crippen LogP contribution is -2.39. The molecule has 0 aliphatic heterocycles. The van der Waals surface area contributed by atoms with Crippen molar-refractivity contribution < 1.29 is 0 Å². The van der Waals surface area contributed by atoms with Gasteiger partial charge in [-0.3, -0.25) is 4.68 Å². The van der Waals surface area contributed by atoms with Crippen LogP contribution in [0.5, 0.6) is 0 Å². The smallest absolute Gasteiger partial charge is 0.0631 e. The molecule has 1 unspecified atom stereocenters. The number of halogens is 1. The minimum atomic E-state index is 0.115. The van der Waals surface area contributed by atoms with E-state index >= 15 is 0 Å². The van der Waals surface area contributed by atoms with Crippen LogP contribution in [0.3, 0.4) is 0 Å². The van der Waals surface area contributed by atoms with Crippen LogP contribution in [-0.2, 0) is 13.5 Å². The van der Waals surface area contributed by atoms with E-state index < -0.39 is 0 Å². The molecular formula is C17H24BrN3. The molecule has 2 aromatic rings. The van der Waals surface area contributed by atoms with Gasteiger partial charge in [-0.05, 0) is 44.9 Å². The second-order valence-electron chi connectivity index (χ2n) is 6.53. The van der Waals surface area contributed by atoms with Crippen LogP contribution < -0.4 is 5.32 Å². The Labute approximate surface area is 135 Å². The third-order valence-electron chi connectivity index (χ3n) is 3.45. The molecule has 21 heavy (non-hydrogen) atoms. The molecule has 1 aromatic heterocycles. The molecule has 1 heterocycles. The molecule has 0 spiro atoms. The van der Waals surface area contributed by atoms with Gasteiger partial charge in [0.25, 0.3) is 0 Å². The molecule has 0 bridgehead atoms. The van der Waals surface area contributed by atoms with Gasteiger partial charge >= 0.3 is 0 Å². The fraction of sp³-hybridized carbons (Fsp3) is 0.471. The van der Waals surface area contributed by atoms with Crippen molar-refractivity contribution in [1.29, 1.82) is 0 Å². The van der Waals surface area contributed by atoms with Gasteiger partial charge in [-0.15, -0.1) is 0 Å². The van der Waals surface area contributed by atoms with Crippen LogP contribution in [-0.4, -0.2) is 21.9 Å². The van der Waals surface area contributed by atoms with Crippen LogP contribution in [0.4, 0.5) is 0 Å². The summed E-state index contributed by atoms with van der Waals surface area (Å²) >= 11 is 3.68. The molecule has 0 saturated carbocycles. The molecule has 114 valence electrons. The summed E-state index contributed by atoms with van der Waals surface area (Å²) in [6, 6.07) is 10.6. The summed E-state index contributed by atoms with van der Waals surface area (Å²) in [7, 11) is 1.96. The van der Waals surface area contributed by atoms with Gasteiger partial charge < -0.3 is 5.32 Å². The van der Waals surface area contributed by atoms with Gasteiger partial charge in [0, 0.05) is 35.7 Å². The quantitative estimate of drug-likeness (QED) is 0.886. The van der Waals surface area contributed by atoms with Crippen molar-refractivity contribution in [2.75, 3.05) is 6.54 Å². The minimum absolute atomic E-state index is 0.115. The Morgan fingerprint density at radius 3 is 2.52 bits per heavy atom. The number of aryl methyl sites for hydroxylation is 1. The lowest BCUT2D eigenvalue weighted by atomic mass is 9.93. The Kier molecular flexibility index (Phi) is 5.22. The van der Waals surface area contributed by atoms with E-state index in [1.165, 1.54) is 10.0 Å². The molecule has 0 amide bonds. The van der Waals surface area contributed by atoms with Gasteiger partial charge in [-0.1, -0.05) is 34.1 Å². The van der Waals surface area contributed by atoms with Crippen molar-refractivity contribution in [3.8, 4) is 0 Å². The Morgan fingerprint density at radius 1 is 1.24 bits per heavy atom. The first-order valence-corrected chi connectivity index (χ1v) is 8.12. The number of hydrogen-bond acceptors (Lipinski definition) is 2. The molecule has 4 heteroatoms. The monoisotopic (exact) mass is 349 g/mol. The molecular weight excluding hydrogens is 326 g/mol. The van der Waals surface area contributed by atoms with Crippen LogP contribution in [0, 0.1) is 0 Å². The molecule has 0 fully saturated rings. The predicted molar refractivity (Wildman–Crippen MR) is 91.6 cm³/mol. The largest absolute Gasteiger partial charge is 0.311 e. The molecule has 0 aliphatic rings. The van der Waals surface area contributed by atoms with Gasteiger partial charge in [-0.25, -0.2) is 0 Å². The first kappa shape index (κ1) is 16.2. The predicted octanol–water partition coefficient (Wildman–Crippen LogP) is 3.90. The molecule has 0 radical (unpaired) electrons. The topological polar surface area (TPSA) is 29.9 Å². The maximum absolute atomic E-state index is 4.52. The summed E-state index contributed by atoms with van der Waals surface area (Å²) in [6.45, 7) is 7.53. The van der Waals surface area contributed by atoms with E-state index in [-0.39, 0.29) is 5.54 Å². The van der Waals surface area contributed by atoms with E-state index in [1.54, 1.807) is 0 Å². The van der Waals surface area contributed by atoms with Crippen LogP contribution in [0.1, 0.15) is 37.9 Å². The first-order chi connectivity index (χ1) is 9.85. The minimum Gasteiger partial charge on any atom is -0.311 e. The Hall–Kier alpha value is -1.13. The van der Waals surface area contributed by atoms with Crippen molar-refractivity contribution in [2.24, 2.45) is 7.05 Å². The standard InChI is InChI=1S/C17H24BrN3/c1-17(2,3)19-12-13(11-14-9-10-21(4)20-14)15-7-5-6-8-16(15)18/h5-10,13,19H,11-12H2,1-4H3. The van der Waals surface area contributed by atoms with E-state index in [9.17, 15) is 0 Å². The van der Waals surface area contributed by atoms with Gasteiger partial charge in [0.05, 0.1) is 5.69 Å². The third-order valence-corrected chi connectivity index (χ3v) is 4.17. The van der Waals surface area contributed by atoms with Gasteiger partial charge in [0.1, 0.15) is 0 Å². The van der Waals surface area contributed by atoms with Crippen molar-refractivity contribution in [3.63, 3.8) is 0 Å². The summed E-state index contributed by atoms with van der Waals surface area (Å²) in [4.78, 5) is 0. The molecule has 1 aromatic carbocycles. The van der Waals surface area contributed by atoms with Gasteiger partial charge in [-0.2, -0.15) is 5.10 Å². The first-order valence-electron chi connectivity index (χ1n) is 7.33. The van der Waals surface area contributed by atoms with Crippen molar-refractivity contribution in [2.45, 2.75) is 38.6 Å². The van der Waals surface area contributed by atoms with Crippen LogP contribution in [0.25, 0.3) is 0 Å². The number of hydrogen-bond donors (Lipinski definition) is 1. The SMILES string of the molecule is Cn1ccc(CC(CNC(C)(C)C)c2ccccc2Br)n1. The molecule has 0 aliphatic carbocycles. The fourth-order valence-electron chi connectivity index (χ4n) is 2.35. The molecule has 0 saturated heterocycles. The zero-order valence-corrected chi connectivity index (χ0v) is 14.8. The van der Waals surface area contributed by atoms with Crippen LogP contribution in [0.15, 0.2) is 41.0 Å². The van der Waals surface area contributed by atoms with E-state index in [0.29, 0.717) is 5.92 Å². The fourth-order valence-corrected chi connectivity index (χ4v) is 2.96. The highest BCUT2D eigenvalue weighted by Gasteiger charge is 2.19. The number of rotatable bonds is 5. The zero-order valence-electron chi connectivity index (χ0n) is 13.2. The van der Waals surface area contributed by atoms with E-state index in [4.69, 9.17) is 0 Å². The highest BCUT2D eigenvalue weighted by atomic mass is 79.9. The number of aromatic nitrogens is 2. The normalized spacial score (nSPS) is 13.4. The van der Waals surface area contributed by atoms with E-state index in [2.05, 4.69) is 77.4 Å². The Bertz CT molecular complexity index is 584. The van der Waals surface area contributed by atoms with Gasteiger partial charge in [0.15, 0.2) is 0 Å². The van der Waals surface area contributed by atoms with E-state index in [1.807, 2.05) is 17.9 Å². The summed E-state index contributed by atoms with van der Waals surface area (Å²) in [6.07, 6.45) is 2.94. The van der Waals surface area contributed by atoms with Crippen LogP contribution >= 0.6 is 15.9 Å². The molecule has 1 N–H and O–H groups in total. The third kappa shape index (κ3) is 4.97. The summed E-state index contributed by atoms with van der Waals surface area (Å²) in [5.41, 5.74) is 2.58. The molecule has 3 nitrogen and oxygen atoms in total. The number of nitrogens with zero attached hydrogens (tertiary/aromatic N) is 2. The highest BCUT2D eigenvalue weighted by molar-refractivity contribution is 9.10. The Balaban J connectivity index is 2.19. The van der Waals surface area contributed by atoms with Crippen molar-refractivity contribution >= 4 is 15.9 Å². The van der Waals surface area contributed by atoms with Crippen LogP contribution in [0.2, 0.25) is 0 Å². The Morgan fingerprint density at radius 2 is 1.95 bits per heavy atom. The highest BCUT2D eigenvalue weighted by Crippen LogP contribution is 2.27. The summed E-state index contributed by atoms with van der Waals surface area (Å²) in [5.74, 6) is 0.398. The number of nitrogens with one attached hydrogen (secondary N) is 1. The average molecular weight is 350 g/mol. The maximum atomic E-state index is 4.52.